The molecule has 0 aliphatic rings. The van der Waals surface area contributed by atoms with Crippen molar-refractivity contribution in [3.8, 4) is 0 Å². The fourth-order valence-corrected chi connectivity index (χ4v) is 3.39. The predicted octanol–water partition coefficient (Wildman–Crippen LogP) is 5.06. The second kappa shape index (κ2) is 6.71. The number of hydrogen-bond donors (Lipinski definition) is 1. The van der Waals surface area contributed by atoms with Gasteiger partial charge in [0.25, 0.3) is 0 Å². The predicted molar refractivity (Wildman–Crippen MR) is 83.6 cm³/mol. The third kappa shape index (κ3) is 3.58. The Morgan fingerprint density at radius 3 is 2.78 bits per heavy atom. The summed E-state index contributed by atoms with van der Waals surface area (Å²) in [7, 11) is 0. The Bertz CT molecular complexity index is 512. The van der Waals surface area contributed by atoms with Gasteiger partial charge in [0.2, 0.25) is 0 Å². The molecule has 0 amide bonds. The molecular formula is C14H15BrClNS. The Kier molecular flexibility index (Phi) is 5.25. The molecule has 2 rings (SSSR count). The molecule has 1 aromatic heterocycles. The fourth-order valence-electron chi connectivity index (χ4n) is 1.94. The molecule has 0 aliphatic heterocycles. The maximum atomic E-state index is 6.23. The van der Waals surface area contributed by atoms with Gasteiger partial charge < -0.3 is 5.32 Å². The first kappa shape index (κ1) is 14.1. The fraction of sp³-hybridized carbons (Fsp3) is 0.286. The minimum Gasteiger partial charge on any atom is -0.310 e. The summed E-state index contributed by atoms with van der Waals surface area (Å²) in [6.07, 6.45) is 0.913. The lowest BCUT2D eigenvalue weighted by Crippen LogP contribution is -2.22. The first-order valence-corrected chi connectivity index (χ1v) is 7.96. The number of hydrogen-bond acceptors (Lipinski definition) is 2. The van der Waals surface area contributed by atoms with Gasteiger partial charge in [-0.1, -0.05) is 36.7 Å². The first-order chi connectivity index (χ1) is 8.70. The van der Waals surface area contributed by atoms with Gasteiger partial charge in [0.1, 0.15) is 0 Å². The summed E-state index contributed by atoms with van der Waals surface area (Å²) in [6, 6.07) is 10.5. The molecule has 0 saturated heterocycles. The summed E-state index contributed by atoms with van der Waals surface area (Å²) in [4.78, 5) is 0. The maximum Gasteiger partial charge on any atom is 0.0701 e. The van der Waals surface area contributed by atoms with E-state index in [0.717, 1.165) is 18.0 Å². The van der Waals surface area contributed by atoms with Crippen molar-refractivity contribution < 1.29 is 0 Å². The summed E-state index contributed by atoms with van der Waals surface area (Å²) in [5.41, 5.74) is 2.50. The van der Waals surface area contributed by atoms with Gasteiger partial charge in [-0.15, -0.1) is 11.3 Å². The van der Waals surface area contributed by atoms with E-state index in [9.17, 15) is 0 Å². The van der Waals surface area contributed by atoms with Crippen LogP contribution < -0.4 is 5.32 Å². The average Bonchev–Trinajstić information content (AvgIpc) is 2.78. The Morgan fingerprint density at radius 1 is 1.39 bits per heavy atom. The number of thiophene rings is 1. The highest BCUT2D eigenvalue weighted by Gasteiger charge is 2.14. The second-order valence-corrected chi connectivity index (χ2v) is 6.79. The van der Waals surface area contributed by atoms with Gasteiger partial charge in [0.05, 0.1) is 3.79 Å². The number of halogens is 2. The second-order valence-electron chi connectivity index (χ2n) is 4.09. The standard InChI is InChI=1S/C14H15BrClNS/c1-2-17-13(11-8-14(15)18-9-11)7-10-5-3-4-6-12(10)16/h3-6,8-9,13,17H,2,7H2,1H3. The SMILES string of the molecule is CCNC(Cc1ccccc1Cl)c1csc(Br)c1. The number of rotatable bonds is 5. The zero-order valence-corrected chi connectivity index (χ0v) is 13.3. The van der Waals surface area contributed by atoms with E-state index in [1.807, 2.05) is 18.2 Å². The first-order valence-electron chi connectivity index (χ1n) is 5.91. The van der Waals surface area contributed by atoms with E-state index in [4.69, 9.17) is 11.6 Å². The minimum atomic E-state index is 0.317. The van der Waals surface area contributed by atoms with Crippen LogP contribution in [0.2, 0.25) is 5.02 Å². The minimum absolute atomic E-state index is 0.317. The van der Waals surface area contributed by atoms with Crippen LogP contribution in [0.4, 0.5) is 0 Å². The summed E-state index contributed by atoms with van der Waals surface area (Å²) in [5.74, 6) is 0. The van der Waals surface area contributed by atoms with E-state index in [1.165, 1.54) is 14.9 Å². The van der Waals surface area contributed by atoms with Gasteiger partial charge in [-0.3, -0.25) is 0 Å². The van der Waals surface area contributed by atoms with Crippen LogP contribution in [0.15, 0.2) is 39.5 Å². The zero-order chi connectivity index (χ0) is 13.0. The largest absolute Gasteiger partial charge is 0.310 e. The van der Waals surface area contributed by atoms with Crippen LogP contribution in [-0.2, 0) is 6.42 Å². The number of benzene rings is 1. The molecule has 1 unspecified atom stereocenters. The molecule has 1 aromatic carbocycles. The molecule has 1 nitrogen and oxygen atoms in total. The van der Waals surface area contributed by atoms with Gasteiger partial charge in [-0.2, -0.15) is 0 Å². The molecule has 18 heavy (non-hydrogen) atoms. The van der Waals surface area contributed by atoms with Crippen LogP contribution in [-0.4, -0.2) is 6.54 Å². The Balaban J connectivity index is 2.19. The van der Waals surface area contributed by atoms with Gasteiger partial charge in [0, 0.05) is 11.1 Å². The topological polar surface area (TPSA) is 12.0 Å². The summed E-state index contributed by atoms with van der Waals surface area (Å²) < 4.78 is 1.17. The third-order valence-corrected chi connectivity index (χ3v) is 4.71. The van der Waals surface area contributed by atoms with Crippen molar-refractivity contribution in [3.63, 3.8) is 0 Å². The average molecular weight is 345 g/mol. The van der Waals surface area contributed by atoms with Gasteiger partial charge in [0.15, 0.2) is 0 Å². The molecule has 1 heterocycles. The summed E-state index contributed by atoms with van der Waals surface area (Å²) in [6.45, 7) is 3.07. The molecule has 0 spiro atoms. The van der Waals surface area contributed by atoms with Gasteiger partial charge in [-0.25, -0.2) is 0 Å². The van der Waals surface area contributed by atoms with Crippen molar-refractivity contribution in [3.05, 3.63) is 55.6 Å². The van der Waals surface area contributed by atoms with E-state index in [-0.39, 0.29) is 0 Å². The van der Waals surface area contributed by atoms with Crippen molar-refractivity contribution in [1.29, 1.82) is 0 Å². The normalized spacial score (nSPS) is 12.6. The summed E-state index contributed by atoms with van der Waals surface area (Å²) >= 11 is 11.5. The van der Waals surface area contributed by atoms with Crippen LogP contribution in [0.3, 0.4) is 0 Å². The molecule has 0 radical (unpaired) electrons. The van der Waals surface area contributed by atoms with Crippen molar-refractivity contribution >= 4 is 38.9 Å². The van der Waals surface area contributed by atoms with Crippen molar-refractivity contribution in [1.82, 2.24) is 5.32 Å². The van der Waals surface area contributed by atoms with Crippen LogP contribution in [0, 0.1) is 0 Å². The molecule has 0 aliphatic carbocycles. The summed E-state index contributed by atoms with van der Waals surface area (Å²) in [5, 5.41) is 6.55. The lowest BCUT2D eigenvalue weighted by molar-refractivity contribution is 0.551. The Hall–Kier alpha value is -0.350. The smallest absolute Gasteiger partial charge is 0.0701 e. The highest BCUT2D eigenvalue weighted by atomic mass is 79.9. The highest BCUT2D eigenvalue weighted by Crippen LogP contribution is 2.29. The monoisotopic (exact) mass is 343 g/mol. The molecule has 4 heteroatoms. The quantitative estimate of drug-likeness (QED) is 0.799. The lowest BCUT2D eigenvalue weighted by atomic mass is 10.0. The van der Waals surface area contributed by atoms with Crippen molar-refractivity contribution in [2.24, 2.45) is 0 Å². The van der Waals surface area contributed by atoms with Crippen LogP contribution >= 0.6 is 38.9 Å². The Labute approximate surface area is 125 Å². The number of nitrogens with one attached hydrogen (secondary N) is 1. The van der Waals surface area contributed by atoms with Crippen LogP contribution in [0.25, 0.3) is 0 Å². The number of likely N-dealkylation sites (N-methyl/N-ethyl adjacent to an activating group) is 1. The molecule has 0 fully saturated rings. The maximum absolute atomic E-state index is 6.23. The molecule has 0 bridgehead atoms. The molecule has 2 aromatic rings. The van der Waals surface area contributed by atoms with Crippen LogP contribution in [0.5, 0.6) is 0 Å². The molecule has 1 atom stereocenters. The third-order valence-electron chi connectivity index (χ3n) is 2.82. The lowest BCUT2D eigenvalue weighted by Gasteiger charge is -2.17. The van der Waals surface area contributed by atoms with E-state index in [0.29, 0.717) is 6.04 Å². The highest BCUT2D eigenvalue weighted by molar-refractivity contribution is 9.11. The van der Waals surface area contributed by atoms with Crippen LogP contribution in [0.1, 0.15) is 24.1 Å². The van der Waals surface area contributed by atoms with E-state index in [1.54, 1.807) is 11.3 Å². The van der Waals surface area contributed by atoms with Gasteiger partial charge in [-0.05, 0) is 57.5 Å². The Morgan fingerprint density at radius 2 is 2.17 bits per heavy atom. The van der Waals surface area contributed by atoms with Gasteiger partial charge >= 0.3 is 0 Å². The van der Waals surface area contributed by atoms with E-state index in [2.05, 4.69) is 45.7 Å². The molecule has 96 valence electrons. The van der Waals surface area contributed by atoms with Crippen molar-refractivity contribution in [2.75, 3.05) is 6.54 Å². The van der Waals surface area contributed by atoms with Crippen molar-refractivity contribution in [2.45, 2.75) is 19.4 Å². The van der Waals surface area contributed by atoms with E-state index < -0.39 is 0 Å². The van der Waals surface area contributed by atoms with E-state index >= 15 is 0 Å². The molecule has 1 N–H and O–H groups in total. The molecular weight excluding hydrogens is 330 g/mol. The molecule has 0 saturated carbocycles. The zero-order valence-electron chi connectivity index (χ0n) is 10.1.